The molecule has 0 saturated carbocycles. The van der Waals surface area contributed by atoms with Gasteiger partial charge in [0.1, 0.15) is 0 Å². The van der Waals surface area contributed by atoms with E-state index in [1.807, 2.05) is 12.1 Å². The van der Waals surface area contributed by atoms with Crippen molar-refractivity contribution in [2.75, 3.05) is 31.1 Å². The summed E-state index contributed by atoms with van der Waals surface area (Å²) in [6.07, 6.45) is 0. The Morgan fingerprint density at radius 3 is 2.88 bits per heavy atom. The van der Waals surface area contributed by atoms with E-state index in [-0.39, 0.29) is 5.13 Å². The van der Waals surface area contributed by atoms with Gasteiger partial charge in [-0.2, -0.15) is 4.39 Å². The van der Waals surface area contributed by atoms with Crippen LogP contribution in [0.4, 0.5) is 10.1 Å². The van der Waals surface area contributed by atoms with Crippen molar-refractivity contribution in [3.63, 3.8) is 0 Å². The van der Waals surface area contributed by atoms with Crippen molar-refractivity contribution in [1.82, 2.24) is 5.32 Å². The van der Waals surface area contributed by atoms with Gasteiger partial charge in [0, 0.05) is 42.0 Å². The molecule has 2 nitrogen and oxygen atoms in total. The predicted molar refractivity (Wildman–Crippen MR) is 66.9 cm³/mol. The minimum Gasteiger partial charge on any atom is -0.368 e. The van der Waals surface area contributed by atoms with E-state index in [1.54, 1.807) is 6.07 Å². The molecule has 1 fully saturated rings. The van der Waals surface area contributed by atoms with Gasteiger partial charge in [0.2, 0.25) is 0 Å². The number of thiophene rings is 1. The first-order chi connectivity index (χ1) is 7.84. The van der Waals surface area contributed by atoms with Gasteiger partial charge in [-0.15, -0.1) is 11.3 Å². The number of piperazine rings is 1. The number of nitrogens with one attached hydrogen (secondary N) is 1. The summed E-state index contributed by atoms with van der Waals surface area (Å²) in [5.74, 6) is 0. The largest absolute Gasteiger partial charge is 0.368 e. The fraction of sp³-hybridized carbons (Fsp3) is 0.333. The molecule has 2 heterocycles. The molecule has 4 heteroatoms. The van der Waals surface area contributed by atoms with E-state index in [1.165, 1.54) is 17.0 Å². The number of benzene rings is 1. The zero-order chi connectivity index (χ0) is 11.0. The molecule has 0 spiro atoms. The standard InChI is InChI=1S/C12H13FN2S/c13-12-8-9-10(2-1-3-11(9)16-12)15-6-4-14-5-7-15/h1-3,8,14H,4-7H2. The van der Waals surface area contributed by atoms with Gasteiger partial charge in [0.25, 0.3) is 0 Å². The predicted octanol–water partition coefficient (Wildman–Crippen LogP) is 2.45. The van der Waals surface area contributed by atoms with E-state index in [0.29, 0.717) is 0 Å². The van der Waals surface area contributed by atoms with Gasteiger partial charge >= 0.3 is 0 Å². The first-order valence-electron chi connectivity index (χ1n) is 5.48. The fourth-order valence-corrected chi connectivity index (χ4v) is 3.00. The summed E-state index contributed by atoms with van der Waals surface area (Å²) >= 11 is 1.22. The highest BCUT2D eigenvalue weighted by Gasteiger charge is 2.14. The second-order valence-electron chi connectivity index (χ2n) is 3.98. The van der Waals surface area contributed by atoms with Crippen LogP contribution in [-0.4, -0.2) is 26.2 Å². The Morgan fingerprint density at radius 1 is 1.25 bits per heavy atom. The van der Waals surface area contributed by atoms with Gasteiger partial charge in [0.15, 0.2) is 5.13 Å². The third-order valence-corrected chi connectivity index (χ3v) is 3.85. The van der Waals surface area contributed by atoms with E-state index >= 15 is 0 Å². The van der Waals surface area contributed by atoms with Gasteiger partial charge in [0.05, 0.1) is 0 Å². The van der Waals surface area contributed by atoms with Gasteiger partial charge < -0.3 is 10.2 Å². The smallest absolute Gasteiger partial charge is 0.177 e. The van der Waals surface area contributed by atoms with Crippen LogP contribution in [0.3, 0.4) is 0 Å². The van der Waals surface area contributed by atoms with Crippen molar-refractivity contribution >= 4 is 27.1 Å². The molecule has 0 amide bonds. The zero-order valence-corrected chi connectivity index (χ0v) is 9.69. The monoisotopic (exact) mass is 236 g/mol. The first kappa shape index (κ1) is 10.1. The normalized spacial score (nSPS) is 16.9. The number of hydrogen-bond donors (Lipinski definition) is 1. The minimum absolute atomic E-state index is 0.0995. The highest BCUT2D eigenvalue weighted by atomic mass is 32.1. The molecule has 0 bridgehead atoms. The summed E-state index contributed by atoms with van der Waals surface area (Å²) in [4.78, 5) is 2.32. The van der Waals surface area contributed by atoms with E-state index in [2.05, 4.69) is 16.3 Å². The average Bonchev–Trinajstić information content (AvgIpc) is 2.70. The molecule has 1 aliphatic rings. The molecular formula is C12H13FN2S. The van der Waals surface area contributed by atoms with Crippen LogP contribution < -0.4 is 10.2 Å². The molecule has 0 radical (unpaired) electrons. The third-order valence-electron chi connectivity index (χ3n) is 2.97. The second-order valence-corrected chi connectivity index (χ2v) is 5.01. The van der Waals surface area contributed by atoms with Crippen LogP contribution in [0.5, 0.6) is 0 Å². The summed E-state index contributed by atoms with van der Waals surface area (Å²) < 4.78 is 14.3. The number of halogens is 1. The van der Waals surface area contributed by atoms with Gasteiger partial charge in [-0.05, 0) is 18.2 Å². The maximum absolute atomic E-state index is 13.3. The fourth-order valence-electron chi connectivity index (χ4n) is 2.20. The van der Waals surface area contributed by atoms with Crippen LogP contribution in [0, 0.1) is 5.13 Å². The van der Waals surface area contributed by atoms with Crippen LogP contribution in [0.15, 0.2) is 24.3 Å². The molecule has 84 valence electrons. The first-order valence-corrected chi connectivity index (χ1v) is 6.30. The van der Waals surface area contributed by atoms with E-state index in [0.717, 1.165) is 36.3 Å². The number of fused-ring (bicyclic) bond motifs is 1. The highest BCUT2D eigenvalue weighted by Crippen LogP contribution is 2.32. The van der Waals surface area contributed by atoms with Gasteiger partial charge in [-0.25, -0.2) is 0 Å². The Hall–Kier alpha value is -1.13. The van der Waals surface area contributed by atoms with Crippen molar-refractivity contribution in [2.24, 2.45) is 0 Å². The average molecular weight is 236 g/mol. The Labute approximate surface area is 97.7 Å². The molecule has 16 heavy (non-hydrogen) atoms. The number of nitrogens with zero attached hydrogens (tertiary/aromatic N) is 1. The lowest BCUT2D eigenvalue weighted by atomic mass is 10.2. The van der Waals surface area contributed by atoms with Crippen LogP contribution in [0.1, 0.15) is 0 Å². The van der Waals surface area contributed by atoms with Crippen LogP contribution in [0.2, 0.25) is 0 Å². The van der Waals surface area contributed by atoms with Crippen molar-refractivity contribution in [3.8, 4) is 0 Å². The van der Waals surface area contributed by atoms with Crippen molar-refractivity contribution < 1.29 is 4.39 Å². The van der Waals surface area contributed by atoms with Crippen molar-refractivity contribution in [3.05, 3.63) is 29.4 Å². The molecular weight excluding hydrogens is 223 g/mol. The SMILES string of the molecule is Fc1cc2c(N3CCNCC3)cccc2s1. The highest BCUT2D eigenvalue weighted by molar-refractivity contribution is 7.17. The van der Waals surface area contributed by atoms with Crippen molar-refractivity contribution in [2.45, 2.75) is 0 Å². The lowest BCUT2D eigenvalue weighted by Crippen LogP contribution is -2.43. The number of rotatable bonds is 1. The van der Waals surface area contributed by atoms with Gasteiger partial charge in [-0.3, -0.25) is 0 Å². The van der Waals surface area contributed by atoms with E-state index in [4.69, 9.17) is 0 Å². The summed E-state index contributed by atoms with van der Waals surface area (Å²) in [6, 6.07) is 7.72. The lowest BCUT2D eigenvalue weighted by molar-refractivity contribution is 0.590. The molecule has 2 aromatic rings. The Balaban J connectivity index is 2.07. The molecule has 1 aliphatic heterocycles. The Kier molecular flexibility index (Phi) is 2.53. The molecule has 1 N–H and O–H groups in total. The lowest BCUT2D eigenvalue weighted by Gasteiger charge is -2.30. The number of anilines is 1. The van der Waals surface area contributed by atoms with E-state index in [9.17, 15) is 4.39 Å². The van der Waals surface area contributed by atoms with Gasteiger partial charge in [-0.1, -0.05) is 6.07 Å². The topological polar surface area (TPSA) is 15.3 Å². The van der Waals surface area contributed by atoms with Crippen LogP contribution >= 0.6 is 11.3 Å². The molecule has 1 aromatic heterocycles. The maximum atomic E-state index is 13.3. The summed E-state index contributed by atoms with van der Waals surface area (Å²) in [7, 11) is 0. The van der Waals surface area contributed by atoms with Crippen LogP contribution in [0.25, 0.3) is 10.1 Å². The molecule has 3 rings (SSSR count). The van der Waals surface area contributed by atoms with Crippen LogP contribution in [-0.2, 0) is 0 Å². The summed E-state index contributed by atoms with van der Waals surface area (Å²) in [6.45, 7) is 4.00. The Morgan fingerprint density at radius 2 is 2.06 bits per heavy atom. The second kappa shape index (κ2) is 4.03. The van der Waals surface area contributed by atoms with E-state index < -0.39 is 0 Å². The summed E-state index contributed by atoms with van der Waals surface area (Å²) in [5.41, 5.74) is 1.17. The summed E-state index contributed by atoms with van der Waals surface area (Å²) in [5, 5.41) is 4.27. The number of hydrogen-bond acceptors (Lipinski definition) is 3. The van der Waals surface area contributed by atoms with Crippen molar-refractivity contribution in [1.29, 1.82) is 0 Å². The molecule has 0 aliphatic carbocycles. The maximum Gasteiger partial charge on any atom is 0.177 e. The zero-order valence-electron chi connectivity index (χ0n) is 8.87. The minimum atomic E-state index is -0.0995. The molecule has 1 aromatic carbocycles. The molecule has 0 atom stereocenters. The molecule has 0 unspecified atom stereocenters. The third kappa shape index (κ3) is 1.68. The Bertz CT molecular complexity index is 503. The molecule has 1 saturated heterocycles. The quantitative estimate of drug-likeness (QED) is 0.818.